The lowest BCUT2D eigenvalue weighted by molar-refractivity contribution is -0.386. The summed E-state index contributed by atoms with van der Waals surface area (Å²) >= 11 is 5.55. The number of rotatable bonds is 3. The van der Waals surface area contributed by atoms with Crippen molar-refractivity contribution in [1.29, 1.82) is 0 Å². The highest BCUT2D eigenvalue weighted by atomic mass is 35.5. The van der Waals surface area contributed by atoms with E-state index in [9.17, 15) is 10.1 Å². The smallest absolute Gasteiger partial charge is 0.349 e. The highest BCUT2D eigenvalue weighted by Crippen LogP contribution is 2.28. The molecule has 0 aliphatic carbocycles. The summed E-state index contributed by atoms with van der Waals surface area (Å²) in [6.45, 7) is 0. The molecule has 0 bridgehead atoms. The number of halogens is 1. The molecule has 2 aromatic rings. The van der Waals surface area contributed by atoms with E-state index in [1.54, 1.807) is 13.2 Å². The second kappa shape index (κ2) is 4.34. The molecule has 0 aliphatic rings. The van der Waals surface area contributed by atoms with Crippen LogP contribution in [0.25, 0.3) is 0 Å². The topological polar surface area (TPSA) is 96.0 Å². The number of ether oxygens (including phenoxy) is 1. The minimum Gasteiger partial charge on any atom is -0.430 e. The lowest BCUT2D eigenvalue weighted by atomic mass is 10.5. The van der Waals surface area contributed by atoms with Gasteiger partial charge < -0.3 is 4.74 Å². The van der Waals surface area contributed by atoms with Crippen molar-refractivity contribution < 1.29 is 9.66 Å². The van der Waals surface area contributed by atoms with Gasteiger partial charge in [-0.05, 0) is 11.6 Å². The first-order valence-corrected chi connectivity index (χ1v) is 4.77. The molecule has 0 saturated heterocycles. The van der Waals surface area contributed by atoms with Gasteiger partial charge in [0.05, 0.1) is 17.3 Å². The third-order valence-electron chi connectivity index (χ3n) is 1.80. The molecule has 0 aliphatic heterocycles. The van der Waals surface area contributed by atoms with Gasteiger partial charge in [-0.25, -0.2) is 4.98 Å². The Balaban J connectivity index is 2.37. The third-order valence-corrected chi connectivity index (χ3v) is 1.98. The van der Waals surface area contributed by atoms with Crippen LogP contribution in [-0.2, 0) is 7.05 Å². The maximum absolute atomic E-state index is 10.7. The Morgan fingerprint density at radius 2 is 2.29 bits per heavy atom. The Kier molecular flexibility index (Phi) is 2.88. The van der Waals surface area contributed by atoms with Gasteiger partial charge in [-0.1, -0.05) is 0 Å². The Morgan fingerprint density at radius 1 is 1.53 bits per heavy atom. The maximum atomic E-state index is 10.7. The van der Waals surface area contributed by atoms with Crippen LogP contribution in [0.15, 0.2) is 18.6 Å². The first-order valence-electron chi connectivity index (χ1n) is 4.39. The Hall–Kier alpha value is -2.22. The molecule has 0 spiro atoms. The van der Waals surface area contributed by atoms with Crippen molar-refractivity contribution in [2.75, 3.05) is 0 Å². The minimum atomic E-state index is -0.651. The summed E-state index contributed by atoms with van der Waals surface area (Å²) in [5.74, 6) is 0.105. The first kappa shape index (κ1) is 11.3. The molecule has 2 rings (SSSR count). The summed E-state index contributed by atoms with van der Waals surface area (Å²) in [7, 11) is 1.69. The van der Waals surface area contributed by atoms with Crippen LogP contribution in [0.3, 0.4) is 0 Å². The molecule has 0 N–H and O–H groups in total. The monoisotopic (exact) mass is 255 g/mol. The quantitative estimate of drug-likeness (QED) is 0.469. The molecule has 0 fully saturated rings. The molecule has 0 saturated carbocycles. The normalized spacial score (nSPS) is 10.2. The summed E-state index contributed by atoms with van der Waals surface area (Å²) in [5.41, 5.74) is -0.363. The molecule has 0 unspecified atom stereocenters. The van der Waals surface area contributed by atoms with Gasteiger partial charge in [-0.2, -0.15) is 10.1 Å². The first-order chi connectivity index (χ1) is 8.06. The Labute approximate surface area is 100.0 Å². The third kappa shape index (κ3) is 2.48. The standard InChI is InChI=1S/C8H6ClN5O3/c1-13-4-5(2-11-13)17-7-6(14(15)16)3-10-8(9)12-7/h2-4H,1H3. The van der Waals surface area contributed by atoms with E-state index in [4.69, 9.17) is 16.3 Å². The van der Waals surface area contributed by atoms with Crippen LogP contribution in [0.1, 0.15) is 0 Å². The van der Waals surface area contributed by atoms with Crippen LogP contribution in [0.5, 0.6) is 11.6 Å². The van der Waals surface area contributed by atoms with E-state index < -0.39 is 4.92 Å². The number of aromatic nitrogens is 4. The molecule has 0 amide bonds. The fraction of sp³-hybridized carbons (Fsp3) is 0.125. The van der Waals surface area contributed by atoms with E-state index in [0.29, 0.717) is 5.75 Å². The van der Waals surface area contributed by atoms with E-state index in [-0.39, 0.29) is 16.9 Å². The highest BCUT2D eigenvalue weighted by Gasteiger charge is 2.19. The zero-order valence-corrected chi connectivity index (χ0v) is 9.33. The fourth-order valence-corrected chi connectivity index (χ4v) is 1.23. The summed E-state index contributed by atoms with van der Waals surface area (Å²) < 4.78 is 6.70. The molecular formula is C8H6ClN5O3. The van der Waals surface area contributed by atoms with Crippen LogP contribution >= 0.6 is 11.6 Å². The number of hydrogen-bond acceptors (Lipinski definition) is 6. The number of nitrogens with zero attached hydrogens (tertiary/aromatic N) is 5. The van der Waals surface area contributed by atoms with Crippen LogP contribution in [0.2, 0.25) is 5.28 Å². The van der Waals surface area contributed by atoms with Crippen molar-refractivity contribution in [3.05, 3.63) is 34.0 Å². The molecule has 2 heterocycles. The largest absolute Gasteiger partial charge is 0.430 e. The van der Waals surface area contributed by atoms with E-state index in [1.165, 1.54) is 10.9 Å². The van der Waals surface area contributed by atoms with Gasteiger partial charge in [0, 0.05) is 7.05 Å². The average molecular weight is 256 g/mol. The average Bonchev–Trinajstić information content (AvgIpc) is 2.63. The zero-order chi connectivity index (χ0) is 12.4. The van der Waals surface area contributed by atoms with Crippen LogP contribution < -0.4 is 4.74 Å². The summed E-state index contributed by atoms with van der Waals surface area (Å²) in [6.07, 6.45) is 3.93. The second-order valence-corrected chi connectivity index (χ2v) is 3.38. The van der Waals surface area contributed by atoms with Crippen LogP contribution in [-0.4, -0.2) is 24.7 Å². The van der Waals surface area contributed by atoms with Crippen molar-refractivity contribution >= 4 is 17.3 Å². The Morgan fingerprint density at radius 3 is 2.88 bits per heavy atom. The minimum absolute atomic E-state index is 0.130. The number of nitro groups is 1. The SMILES string of the molecule is Cn1cc(Oc2nc(Cl)ncc2[N+](=O)[O-])cn1. The van der Waals surface area contributed by atoms with Crippen LogP contribution in [0, 0.1) is 10.1 Å². The molecule has 2 aromatic heterocycles. The van der Waals surface area contributed by atoms with Gasteiger partial charge in [0.25, 0.3) is 0 Å². The maximum Gasteiger partial charge on any atom is 0.349 e. The van der Waals surface area contributed by atoms with Gasteiger partial charge in [0.1, 0.15) is 6.20 Å². The Bertz CT molecular complexity index is 570. The second-order valence-electron chi connectivity index (χ2n) is 3.04. The van der Waals surface area contributed by atoms with Gasteiger partial charge >= 0.3 is 11.6 Å². The fourth-order valence-electron chi connectivity index (χ4n) is 1.10. The molecule has 8 nitrogen and oxygen atoms in total. The van der Waals surface area contributed by atoms with Crippen molar-refractivity contribution in [3.63, 3.8) is 0 Å². The summed E-state index contributed by atoms with van der Waals surface area (Å²) in [5, 5.41) is 14.4. The molecule has 88 valence electrons. The van der Waals surface area contributed by atoms with E-state index in [1.807, 2.05) is 0 Å². The van der Waals surface area contributed by atoms with E-state index >= 15 is 0 Å². The van der Waals surface area contributed by atoms with Gasteiger partial charge in [-0.3, -0.25) is 14.8 Å². The predicted octanol–water partition coefficient (Wildman–Crippen LogP) is 1.56. The van der Waals surface area contributed by atoms with Gasteiger partial charge in [0.2, 0.25) is 5.28 Å². The lowest BCUT2D eigenvalue weighted by Crippen LogP contribution is -1.97. The number of hydrogen-bond donors (Lipinski definition) is 0. The number of aryl methyl sites for hydroxylation is 1. The molecule has 0 aromatic carbocycles. The van der Waals surface area contributed by atoms with Crippen molar-refractivity contribution in [1.82, 2.24) is 19.7 Å². The summed E-state index contributed by atoms with van der Waals surface area (Å²) in [4.78, 5) is 17.2. The van der Waals surface area contributed by atoms with Crippen molar-refractivity contribution in [3.8, 4) is 11.6 Å². The summed E-state index contributed by atoms with van der Waals surface area (Å²) in [6, 6.07) is 0. The lowest BCUT2D eigenvalue weighted by Gasteiger charge is -2.01. The molecule has 0 radical (unpaired) electrons. The molecule has 9 heteroatoms. The predicted molar refractivity (Wildman–Crippen MR) is 57.0 cm³/mol. The van der Waals surface area contributed by atoms with Crippen molar-refractivity contribution in [2.45, 2.75) is 0 Å². The zero-order valence-electron chi connectivity index (χ0n) is 8.57. The van der Waals surface area contributed by atoms with E-state index in [0.717, 1.165) is 6.20 Å². The van der Waals surface area contributed by atoms with Gasteiger partial charge in [-0.15, -0.1) is 0 Å². The van der Waals surface area contributed by atoms with Crippen LogP contribution in [0.4, 0.5) is 5.69 Å². The molecular weight excluding hydrogens is 250 g/mol. The molecule has 0 atom stereocenters. The highest BCUT2D eigenvalue weighted by molar-refractivity contribution is 6.28. The van der Waals surface area contributed by atoms with Gasteiger partial charge in [0.15, 0.2) is 5.75 Å². The molecule has 17 heavy (non-hydrogen) atoms. The van der Waals surface area contributed by atoms with Crippen molar-refractivity contribution in [2.24, 2.45) is 7.05 Å². The van der Waals surface area contributed by atoms with E-state index in [2.05, 4.69) is 15.1 Å².